The smallest absolute Gasteiger partial charge is 0.312 e. The van der Waals surface area contributed by atoms with Crippen molar-refractivity contribution in [3.05, 3.63) is 77.4 Å². The summed E-state index contributed by atoms with van der Waals surface area (Å²) in [6.45, 7) is 5.24. The van der Waals surface area contributed by atoms with Gasteiger partial charge in [-0.3, -0.25) is 4.79 Å². The molecule has 5 N–H and O–H groups in total. The van der Waals surface area contributed by atoms with Gasteiger partial charge in [0.25, 0.3) is 0 Å². The fourth-order valence-corrected chi connectivity index (χ4v) is 5.58. The van der Waals surface area contributed by atoms with Gasteiger partial charge in [-0.1, -0.05) is 31.5 Å². The van der Waals surface area contributed by atoms with Crippen LogP contribution in [0.4, 0.5) is 4.79 Å². The molecule has 40 heavy (non-hydrogen) atoms. The van der Waals surface area contributed by atoms with E-state index < -0.39 is 17.0 Å². The number of primary amides is 1. The van der Waals surface area contributed by atoms with E-state index in [9.17, 15) is 14.9 Å². The summed E-state index contributed by atoms with van der Waals surface area (Å²) >= 11 is 0. The number of aryl methyl sites for hydroxylation is 1. The Morgan fingerprint density at radius 3 is 2.75 bits per heavy atom. The number of urea groups is 1. The van der Waals surface area contributed by atoms with Crippen molar-refractivity contribution >= 4 is 11.9 Å². The van der Waals surface area contributed by atoms with Crippen molar-refractivity contribution in [3.8, 4) is 17.6 Å². The molecule has 1 aliphatic heterocycles. The van der Waals surface area contributed by atoms with Crippen LogP contribution in [0.5, 0.6) is 11.5 Å². The van der Waals surface area contributed by atoms with Gasteiger partial charge in [0.15, 0.2) is 0 Å². The summed E-state index contributed by atoms with van der Waals surface area (Å²) in [5.74, 6) is 0.941. The molecule has 2 atom stereocenters. The highest BCUT2D eigenvalue weighted by molar-refractivity contribution is 5.88. The van der Waals surface area contributed by atoms with Crippen LogP contribution in [0.2, 0.25) is 0 Å². The van der Waals surface area contributed by atoms with Crippen LogP contribution in [0, 0.1) is 11.3 Å². The van der Waals surface area contributed by atoms with Gasteiger partial charge in [-0.05, 0) is 61.6 Å². The lowest BCUT2D eigenvalue weighted by Crippen LogP contribution is -2.48. The molecule has 2 heterocycles. The van der Waals surface area contributed by atoms with Gasteiger partial charge in [0, 0.05) is 26.7 Å². The van der Waals surface area contributed by atoms with E-state index in [1.807, 2.05) is 60.7 Å². The Hall–Kier alpha value is -4.36. The molecule has 3 amide bonds. The fraction of sp³-hybridized carbons (Fsp3) is 0.400. The third kappa shape index (κ3) is 5.65. The van der Waals surface area contributed by atoms with Gasteiger partial charge >= 0.3 is 6.03 Å². The van der Waals surface area contributed by atoms with Crippen LogP contribution >= 0.6 is 0 Å². The van der Waals surface area contributed by atoms with E-state index in [-0.39, 0.29) is 5.91 Å². The van der Waals surface area contributed by atoms with Gasteiger partial charge < -0.3 is 31.0 Å². The highest BCUT2D eigenvalue weighted by atomic mass is 16.5. The number of hydrogen-bond acceptors (Lipinski definition) is 6. The molecule has 1 aliphatic rings. The molecule has 2 aromatic carbocycles. The molecule has 2 unspecified atom stereocenters. The van der Waals surface area contributed by atoms with E-state index in [1.54, 1.807) is 24.7 Å². The van der Waals surface area contributed by atoms with E-state index in [0.29, 0.717) is 49.5 Å². The zero-order valence-electron chi connectivity index (χ0n) is 23.3. The average Bonchev–Trinajstić information content (AvgIpc) is 3.31. The number of rotatable bonds is 9. The number of likely N-dealkylation sites (tertiary alicyclic amines) is 1. The largest absolute Gasteiger partial charge is 0.456 e. The first kappa shape index (κ1) is 28.6. The fourth-order valence-electron chi connectivity index (χ4n) is 5.58. The molecular formula is C30H37N7O3. The van der Waals surface area contributed by atoms with Crippen LogP contribution in [0.25, 0.3) is 0 Å². The molecule has 4 rings (SSSR count). The van der Waals surface area contributed by atoms with Crippen molar-refractivity contribution in [1.82, 2.24) is 19.8 Å². The summed E-state index contributed by atoms with van der Waals surface area (Å²) in [6.07, 6.45) is 6.52. The van der Waals surface area contributed by atoms with Crippen LogP contribution in [-0.4, -0.2) is 46.0 Å². The molecule has 3 aromatic rings. The number of carbonyl (C=O) groups is 2. The van der Waals surface area contributed by atoms with Crippen molar-refractivity contribution in [2.75, 3.05) is 19.6 Å². The van der Waals surface area contributed by atoms with E-state index in [0.717, 1.165) is 29.7 Å². The molecule has 0 aliphatic carbocycles. The zero-order chi connectivity index (χ0) is 28.9. The minimum absolute atomic E-state index is 0.0331. The first-order valence-electron chi connectivity index (χ1n) is 13.5. The van der Waals surface area contributed by atoms with E-state index in [1.165, 1.54) is 0 Å². The summed E-state index contributed by atoms with van der Waals surface area (Å²) in [5, 5.41) is 12.4. The Bertz CT molecular complexity index is 1420. The highest BCUT2D eigenvalue weighted by Crippen LogP contribution is 2.40. The minimum Gasteiger partial charge on any atom is -0.456 e. The lowest BCUT2D eigenvalue weighted by atomic mass is 9.73. The molecular weight excluding hydrogens is 506 g/mol. The highest BCUT2D eigenvalue weighted by Gasteiger charge is 2.42. The summed E-state index contributed by atoms with van der Waals surface area (Å²) < 4.78 is 8.17. The number of benzene rings is 2. The average molecular weight is 544 g/mol. The lowest BCUT2D eigenvalue weighted by molar-refractivity contribution is -0.137. The molecule has 0 saturated carbocycles. The SMILES string of the molecule is CCC1(c2cccc(Oc3cc(C(C)(N)c4cncn4C)ccc3C#N)c2)CCCCN(CCNC(N)=O)C1=O. The van der Waals surface area contributed by atoms with E-state index >= 15 is 0 Å². The number of hydrogen-bond donors (Lipinski definition) is 3. The Morgan fingerprint density at radius 2 is 2.08 bits per heavy atom. The normalized spacial score (nSPS) is 18.9. The lowest BCUT2D eigenvalue weighted by Gasteiger charge is -2.35. The molecule has 210 valence electrons. The predicted octanol–water partition coefficient (Wildman–Crippen LogP) is 3.63. The Labute approximate surface area is 234 Å². The number of nitrogens with one attached hydrogen (secondary N) is 1. The number of amides is 3. The number of imidazole rings is 1. The van der Waals surface area contributed by atoms with Crippen LogP contribution < -0.4 is 21.5 Å². The molecule has 0 radical (unpaired) electrons. The quantitative estimate of drug-likeness (QED) is 0.375. The molecule has 10 heteroatoms. The number of nitriles is 1. The predicted molar refractivity (Wildman–Crippen MR) is 152 cm³/mol. The summed E-state index contributed by atoms with van der Waals surface area (Å²) in [4.78, 5) is 31.1. The van der Waals surface area contributed by atoms with Crippen molar-refractivity contribution in [2.24, 2.45) is 18.5 Å². The van der Waals surface area contributed by atoms with Crippen LogP contribution in [0.1, 0.15) is 61.9 Å². The standard InChI is InChI=1S/C30H37N7O3/c1-4-30(12-5-6-14-37(27(30)38)15-13-35-28(32)39)23-8-7-9-24(16-23)40-25-17-22(11-10-21(25)18-31)29(2,33)26-19-34-20-36(26)3/h7-11,16-17,19-20H,4-6,12-15,33H2,1-3H3,(H3,32,35,39). The molecule has 1 saturated heterocycles. The zero-order valence-corrected chi connectivity index (χ0v) is 23.3. The van der Waals surface area contributed by atoms with Gasteiger partial charge in [0.2, 0.25) is 5.91 Å². The monoisotopic (exact) mass is 543 g/mol. The van der Waals surface area contributed by atoms with Crippen LogP contribution in [-0.2, 0) is 22.8 Å². The topological polar surface area (TPSA) is 152 Å². The summed E-state index contributed by atoms with van der Waals surface area (Å²) in [5.41, 5.74) is 13.2. The maximum atomic E-state index is 13.9. The van der Waals surface area contributed by atoms with Crippen molar-refractivity contribution < 1.29 is 14.3 Å². The van der Waals surface area contributed by atoms with E-state index in [2.05, 4.69) is 16.4 Å². The molecule has 1 aromatic heterocycles. The van der Waals surface area contributed by atoms with Crippen molar-refractivity contribution in [3.63, 3.8) is 0 Å². The minimum atomic E-state index is -0.870. The second kappa shape index (κ2) is 11.8. The number of ether oxygens (including phenoxy) is 1. The Kier molecular flexibility index (Phi) is 8.45. The first-order chi connectivity index (χ1) is 19.1. The van der Waals surface area contributed by atoms with Crippen molar-refractivity contribution in [1.29, 1.82) is 5.26 Å². The number of aromatic nitrogens is 2. The van der Waals surface area contributed by atoms with Gasteiger partial charge in [0.05, 0.1) is 34.7 Å². The third-order valence-corrected chi connectivity index (χ3v) is 7.93. The Balaban J connectivity index is 1.66. The van der Waals surface area contributed by atoms with Crippen LogP contribution in [0.3, 0.4) is 0 Å². The maximum absolute atomic E-state index is 13.9. The second-order valence-electron chi connectivity index (χ2n) is 10.5. The number of carbonyl (C=O) groups excluding carboxylic acids is 2. The third-order valence-electron chi connectivity index (χ3n) is 7.93. The van der Waals surface area contributed by atoms with Gasteiger partial charge in [0.1, 0.15) is 17.6 Å². The Morgan fingerprint density at radius 1 is 1.27 bits per heavy atom. The van der Waals surface area contributed by atoms with Crippen LogP contribution in [0.15, 0.2) is 55.0 Å². The van der Waals surface area contributed by atoms with Crippen molar-refractivity contribution in [2.45, 2.75) is 50.5 Å². The molecule has 10 nitrogen and oxygen atoms in total. The van der Waals surface area contributed by atoms with Gasteiger partial charge in [-0.15, -0.1) is 0 Å². The van der Waals surface area contributed by atoms with Gasteiger partial charge in [-0.25, -0.2) is 9.78 Å². The summed E-state index contributed by atoms with van der Waals surface area (Å²) in [7, 11) is 1.88. The molecule has 1 fully saturated rings. The molecule has 0 spiro atoms. The summed E-state index contributed by atoms with van der Waals surface area (Å²) in [6, 6.07) is 14.5. The second-order valence-corrected chi connectivity index (χ2v) is 10.5. The number of nitrogens with zero attached hydrogens (tertiary/aromatic N) is 4. The maximum Gasteiger partial charge on any atom is 0.312 e. The first-order valence-corrected chi connectivity index (χ1v) is 13.5. The molecule has 0 bridgehead atoms. The van der Waals surface area contributed by atoms with Gasteiger partial charge in [-0.2, -0.15) is 5.26 Å². The van der Waals surface area contributed by atoms with E-state index in [4.69, 9.17) is 16.2 Å². The number of nitrogens with two attached hydrogens (primary N) is 2.